The van der Waals surface area contributed by atoms with Gasteiger partial charge in [0, 0.05) is 67.3 Å². The van der Waals surface area contributed by atoms with Crippen molar-refractivity contribution in [2.75, 3.05) is 13.1 Å². The molecule has 3 aliphatic heterocycles. The fourth-order valence-corrected chi connectivity index (χ4v) is 9.99. The molecule has 0 saturated heterocycles. The summed E-state index contributed by atoms with van der Waals surface area (Å²) < 4.78 is 24.6. The lowest BCUT2D eigenvalue weighted by Crippen LogP contribution is -2.14. The number of aromatic nitrogens is 6. The molecule has 0 spiro atoms. The van der Waals surface area contributed by atoms with Gasteiger partial charge in [0.05, 0.1) is 47.8 Å². The number of hydrogen-bond acceptors (Lipinski definition) is 15. The van der Waals surface area contributed by atoms with E-state index in [2.05, 4.69) is 320 Å². The normalized spacial score (nSPS) is 13.6. The van der Waals surface area contributed by atoms with E-state index in [1.165, 1.54) is 33.9 Å². The monoisotopic (exact) mass is 1390 g/mol. The van der Waals surface area contributed by atoms with Gasteiger partial charge in [0.25, 0.3) is 0 Å². The lowest BCUT2D eigenvalue weighted by Gasteiger charge is -2.20. The molecule has 0 amide bonds. The maximum atomic E-state index is 5.37. The first-order valence-corrected chi connectivity index (χ1v) is 35.3. The van der Waals surface area contributed by atoms with Crippen LogP contribution in [0.5, 0.6) is 0 Å². The summed E-state index contributed by atoms with van der Waals surface area (Å²) in [6, 6.07) is 1.91. The van der Waals surface area contributed by atoms with Gasteiger partial charge in [0.2, 0.25) is 11.8 Å². The zero-order chi connectivity index (χ0) is 76.3. The Hall–Kier alpha value is -8.01. The molecule has 99 heavy (non-hydrogen) atoms. The van der Waals surface area contributed by atoms with Crippen LogP contribution in [-0.2, 0) is 32.5 Å². The van der Waals surface area contributed by atoms with E-state index in [9.17, 15) is 0 Å². The topological polar surface area (TPSA) is 167 Å². The Morgan fingerprint density at radius 2 is 1.07 bits per heavy atom. The molecule has 0 bridgehead atoms. The van der Waals surface area contributed by atoms with Crippen LogP contribution in [0.3, 0.4) is 0 Å². The van der Waals surface area contributed by atoms with E-state index in [-0.39, 0.29) is 48.7 Å². The highest BCUT2D eigenvalue weighted by Crippen LogP contribution is 2.33. The standard InChI is InChI=1S/3C10H15N.4C9H13NO.2C9H13NS/c1-5-9-6-8(7-11-9)10(2,3)4;1-5-9-8(6-7-11-9)10(2,3)4;1-5-8-6-7-9(11-8)10(2,3)4;1-5-8-10-7(6-11-8)9(2,3)4;1-5-8-10-6-7(11-8)9(2,3)4;1-5-8-7(6-11-10-8)9(2,3)4;1-5-7-6-8(11-10-7)9(2,3)4;1-5-8-10-7(6-11-8)9(2,3)4;1-5-8-7(6-11-10-8)9(2,3)4/h2*5-6H,1,7H2,2-4H3;5,7H,1,6H2,2-4H3;6*5-6H,1H2,2-4H3. The second-order valence-electron chi connectivity index (χ2n) is 32.8. The van der Waals surface area contributed by atoms with Gasteiger partial charge in [0.1, 0.15) is 40.4 Å². The first-order valence-electron chi connectivity index (χ1n) is 33.6. The molecule has 9 heterocycles. The number of oxazole rings is 2. The summed E-state index contributed by atoms with van der Waals surface area (Å²) in [5.74, 6) is 2.98. The Labute approximate surface area is 606 Å². The van der Waals surface area contributed by atoms with E-state index in [1.54, 1.807) is 66.5 Å². The van der Waals surface area contributed by atoms with Gasteiger partial charge in [-0.2, -0.15) is 4.37 Å². The molecule has 0 aromatic carbocycles. The van der Waals surface area contributed by atoms with Gasteiger partial charge in [-0.1, -0.05) is 269 Å². The summed E-state index contributed by atoms with van der Waals surface area (Å²) >= 11 is 3.14. The summed E-state index contributed by atoms with van der Waals surface area (Å²) in [7, 11) is 0. The quantitative estimate of drug-likeness (QED) is 0.136. The molecule has 0 aliphatic carbocycles. The summed E-state index contributed by atoms with van der Waals surface area (Å²) in [5.41, 5.74) is 15.5. The molecule has 0 N–H and O–H groups in total. The molecule has 0 fully saturated rings. The summed E-state index contributed by atoms with van der Waals surface area (Å²) in [6.45, 7) is 92.5. The van der Waals surface area contributed by atoms with Crippen molar-refractivity contribution < 1.29 is 17.9 Å². The van der Waals surface area contributed by atoms with Crippen molar-refractivity contribution >= 4 is 76.5 Å². The number of nitrogens with zero attached hydrogens (tertiary/aromatic N) is 9. The van der Waals surface area contributed by atoms with Crippen LogP contribution in [0.25, 0.3) is 36.5 Å². The van der Waals surface area contributed by atoms with Crippen LogP contribution in [0.2, 0.25) is 0 Å². The van der Waals surface area contributed by atoms with E-state index >= 15 is 0 Å². The van der Waals surface area contributed by atoms with E-state index < -0.39 is 0 Å². The molecular formula is C84H123N9O4S2. The van der Waals surface area contributed by atoms with Crippen LogP contribution in [0.4, 0.5) is 0 Å². The van der Waals surface area contributed by atoms with Gasteiger partial charge in [-0.15, -0.1) is 11.3 Å². The Morgan fingerprint density at radius 3 is 1.37 bits per heavy atom. The van der Waals surface area contributed by atoms with Crippen molar-refractivity contribution in [1.82, 2.24) is 29.6 Å². The average Bonchev–Trinajstić information content (AvgIpc) is 1.77. The molecule has 9 rings (SSSR count). The van der Waals surface area contributed by atoms with Gasteiger partial charge in [0.15, 0.2) is 0 Å². The van der Waals surface area contributed by atoms with E-state index in [4.69, 9.17) is 17.9 Å². The molecule has 3 aliphatic rings. The van der Waals surface area contributed by atoms with Crippen molar-refractivity contribution in [2.45, 2.75) is 226 Å². The lowest BCUT2D eigenvalue weighted by atomic mass is 9.84. The zero-order valence-electron chi connectivity index (χ0n) is 65.9. The molecule has 6 aromatic heterocycles. The SMILES string of the molecule is C=CC1=NC(C(C)(C)C)=CC1.C=CC1=NCC(C(C)(C)C)=C1.C=CC1=NCC=C1C(C)(C)C.C=Cc1cc(C(C)(C)C)on1.C=Cc1nc(C(C)(C)C)co1.C=Cc1nc(C(C)(C)C)cs1.C=Cc1ncc(C(C)(C)C)o1.C=Cc1nocc1C(C)(C)C.C=Cc1nscc1C(C)(C)C. The fourth-order valence-electron chi connectivity index (χ4n) is 8.19. The molecule has 0 saturated carbocycles. The molecular weight excluding hydrogens is 1260 g/mol. The third-order valence-electron chi connectivity index (χ3n) is 14.6. The molecule has 0 radical (unpaired) electrons. The van der Waals surface area contributed by atoms with E-state index in [1.807, 2.05) is 24.3 Å². The first kappa shape index (κ1) is 89.0. The zero-order valence-corrected chi connectivity index (χ0v) is 67.5. The largest absolute Gasteiger partial charge is 0.445 e. The highest BCUT2D eigenvalue weighted by molar-refractivity contribution is 7.10. The maximum absolute atomic E-state index is 5.37. The third-order valence-corrected chi connectivity index (χ3v) is 16.1. The molecule has 6 aromatic rings. The summed E-state index contributed by atoms with van der Waals surface area (Å²) in [4.78, 5) is 25.7. The van der Waals surface area contributed by atoms with Crippen molar-refractivity contribution in [1.29, 1.82) is 0 Å². The number of thiazole rings is 1. The maximum Gasteiger partial charge on any atom is 0.218 e. The number of rotatable bonds is 9. The van der Waals surface area contributed by atoms with Crippen molar-refractivity contribution in [3.63, 3.8) is 0 Å². The molecule has 0 atom stereocenters. The molecule has 0 unspecified atom stereocenters. The Bertz CT molecular complexity index is 3500. The van der Waals surface area contributed by atoms with Crippen LogP contribution in [0.15, 0.2) is 181 Å². The van der Waals surface area contributed by atoms with Crippen molar-refractivity contribution in [3.05, 3.63) is 216 Å². The van der Waals surface area contributed by atoms with Gasteiger partial charge < -0.3 is 17.9 Å². The Kier molecular flexibility index (Phi) is 34.6. The third kappa shape index (κ3) is 31.8. The smallest absolute Gasteiger partial charge is 0.218 e. The molecule has 15 heteroatoms. The van der Waals surface area contributed by atoms with Crippen molar-refractivity contribution in [3.8, 4) is 0 Å². The highest BCUT2D eigenvalue weighted by Gasteiger charge is 2.26. The summed E-state index contributed by atoms with van der Waals surface area (Å²) in [6.07, 6.45) is 28.2. The van der Waals surface area contributed by atoms with Crippen LogP contribution >= 0.6 is 22.9 Å². The van der Waals surface area contributed by atoms with Gasteiger partial charge in [-0.25, -0.2) is 15.0 Å². The summed E-state index contributed by atoms with van der Waals surface area (Å²) in [5, 5.41) is 12.8. The number of hydrogen-bond donors (Lipinski definition) is 0. The lowest BCUT2D eigenvalue weighted by molar-refractivity contribution is 0.328. The van der Waals surface area contributed by atoms with Crippen LogP contribution in [0.1, 0.15) is 261 Å². The van der Waals surface area contributed by atoms with E-state index in [0.717, 1.165) is 87.2 Å². The fraction of sp³-hybridized carbons (Fsp3) is 0.464. The van der Waals surface area contributed by atoms with Crippen LogP contribution in [0, 0.1) is 16.2 Å². The van der Waals surface area contributed by atoms with Gasteiger partial charge >= 0.3 is 0 Å². The van der Waals surface area contributed by atoms with Crippen LogP contribution < -0.4 is 0 Å². The Balaban J connectivity index is 0.000000557. The second-order valence-corrected chi connectivity index (χ2v) is 34.3. The molecule has 540 valence electrons. The minimum atomic E-state index is 0.0360. The van der Waals surface area contributed by atoms with Gasteiger partial charge in [-0.3, -0.25) is 15.0 Å². The minimum Gasteiger partial charge on any atom is -0.445 e. The van der Waals surface area contributed by atoms with Gasteiger partial charge in [-0.05, 0) is 111 Å². The minimum absolute atomic E-state index is 0.0360. The van der Waals surface area contributed by atoms with Crippen LogP contribution in [-0.4, -0.2) is 59.9 Å². The highest BCUT2D eigenvalue weighted by atomic mass is 32.1. The second kappa shape index (κ2) is 38.5. The Morgan fingerprint density at radius 1 is 0.485 bits per heavy atom. The predicted molar refractivity (Wildman–Crippen MR) is 433 cm³/mol. The number of allylic oxidation sites excluding steroid dienone is 7. The average molecular weight is 1390 g/mol. The first-order chi connectivity index (χ1) is 45.4. The number of aliphatic imine (C=N–C) groups is 3. The predicted octanol–water partition coefficient (Wildman–Crippen LogP) is 24.8. The van der Waals surface area contributed by atoms with E-state index in [0.29, 0.717) is 11.8 Å². The molecule has 13 nitrogen and oxygen atoms in total. The van der Waals surface area contributed by atoms with Crippen molar-refractivity contribution in [2.24, 2.45) is 31.2 Å².